The molecule has 20 heavy (non-hydrogen) atoms. The summed E-state index contributed by atoms with van der Waals surface area (Å²) in [6, 6.07) is 7.84. The van der Waals surface area contributed by atoms with Gasteiger partial charge in [0.25, 0.3) is 0 Å². The second-order valence-corrected chi connectivity index (χ2v) is 4.92. The summed E-state index contributed by atoms with van der Waals surface area (Å²) in [6.45, 7) is 4.56. The Morgan fingerprint density at radius 3 is 2.55 bits per heavy atom. The highest BCUT2D eigenvalue weighted by Gasteiger charge is 2.21. The predicted octanol–water partition coefficient (Wildman–Crippen LogP) is 0.880. The van der Waals surface area contributed by atoms with Crippen molar-refractivity contribution in [2.45, 2.75) is 6.92 Å². The molecule has 2 N–H and O–H groups in total. The number of carbonyl (C=O) groups excluding carboxylic acids is 1. The molecule has 0 unspecified atom stereocenters. The van der Waals surface area contributed by atoms with E-state index in [1.54, 1.807) is 6.92 Å². The first-order valence-electron chi connectivity index (χ1n) is 6.68. The number of hydrogen-bond acceptors (Lipinski definition) is 5. The van der Waals surface area contributed by atoms with Gasteiger partial charge in [-0.25, -0.2) is 4.98 Å². The van der Waals surface area contributed by atoms with Gasteiger partial charge >= 0.3 is 0 Å². The maximum atomic E-state index is 11.4. The van der Waals surface area contributed by atoms with Crippen molar-refractivity contribution in [3.8, 4) is 0 Å². The summed E-state index contributed by atoms with van der Waals surface area (Å²) in [5, 5.41) is 0.998. The second kappa shape index (κ2) is 4.96. The number of nitrogens with zero attached hydrogens (tertiary/aromatic N) is 4. The van der Waals surface area contributed by atoms with Crippen LogP contribution >= 0.6 is 0 Å². The Kier molecular flexibility index (Phi) is 3.14. The van der Waals surface area contributed by atoms with Crippen molar-refractivity contribution in [2.75, 3.05) is 36.8 Å². The summed E-state index contributed by atoms with van der Waals surface area (Å²) >= 11 is 0. The van der Waals surface area contributed by atoms with Crippen molar-refractivity contribution < 1.29 is 4.79 Å². The molecule has 104 valence electrons. The highest BCUT2D eigenvalue weighted by Crippen LogP contribution is 2.25. The molecule has 3 rings (SSSR count). The fourth-order valence-electron chi connectivity index (χ4n) is 2.55. The number of fused-ring (bicyclic) bond motifs is 1. The second-order valence-electron chi connectivity index (χ2n) is 4.92. The van der Waals surface area contributed by atoms with E-state index in [0.29, 0.717) is 13.1 Å². The molecule has 2 aromatic rings. The number of para-hydroxylation sites is 1. The van der Waals surface area contributed by atoms with Crippen LogP contribution in [0.15, 0.2) is 24.3 Å². The van der Waals surface area contributed by atoms with E-state index in [4.69, 9.17) is 5.73 Å². The maximum absolute atomic E-state index is 11.4. The fourth-order valence-corrected chi connectivity index (χ4v) is 2.55. The summed E-state index contributed by atoms with van der Waals surface area (Å²) < 4.78 is 0. The maximum Gasteiger partial charge on any atom is 0.222 e. The zero-order valence-electron chi connectivity index (χ0n) is 11.4. The third-order valence-corrected chi connectivity index (χ3v) is 3.62. The van der Waals surface area contributed by atoms with E-state index in [-0.39, 0.29) is 11.9 Å². The van der Waals surface area contributed by atoms with Crippen molar-refractivity contribution in [2.24, 2.45) is 0 Å². The SMILES string of the molecule is CC(=O)N1CCN(c2nc(N)nc3ccccc23)CC1. The lowest BCUT2D eigenvalue weighted by Crippen LogP contribution is -2.48. The van der Waals surface area contributed by atoms with Crippen LogP contribution in [0.3, 0.4) is 0 Å². The van der Waals surface area contributed by atoms with Gasteiger partial charge in [-0.2, -0.15) is 4.98 Å². The average Bonchev–Trinajstić information content (AvgIpc) is 2.46. The van der Waals surface area contributed by atoms with Crippen LogP contribution in [-0.2, 0) is 4.79 Å². The lowest BCUT2D eigenvalue weighted by atomic mass is 10.2. The smallest absolute Gasteiger partial charge is 0.222 e. The third-order valence-electron chi connectivity index (χ3n) is 3.62. The highest BCUT2D eigenvalue weighted by atomic mass is 16.2. The van der Waals surface area contributed by atoms with E-state index in [0.717, 1.165) is 29.8 Å². The summed E-state index contributed by atoms with van der Waals surface area (Å²) in [7, 11) is 0. The summed E-state index contributed by atoms with van der Waals surface area (Å²) in [6.07, 6.45) is 0. The highest BCUT2D eigenvalue weighted by molar-refractivity contribution is 5.90. The van der Waals surface area contributed by atoms with Gasteiger partial charge in [0.05, 0.1) is 5.52 Å². The van der Waals surface area contributed by atoms with Crippen LogP contribution < -0.4 is 10.6 Å². The van der Waals surface area contributed by atoms with Gasteiger partial charge in [-0.15, -0.1) is 0 Å². The van der Waals surface area contributed by atoms with E-state index in [2.05, 4.69) is 14.9 Å². The number of aromatic nitrogens is 2. The number of nitrogen functional groups attached to an aromatic ring is 1. The molecule has 1 fully saturated rings. The van der Waals surface area contributed by atoms with Gasteiger partial charge in [-0.1, -0.05) is 12.1 Å². The monoisotopic (exact) mass is 271 g/mol. The van der Waals surface area contributed by atoms with Crippen LogP contribution in [-0.4, -0.2) is 47.0 Å². The molecule has 1 aliphatic rings. The Balaban J connectivity index is 1.93. The van der Waals surface area contributed by atoms with E-state index in [9.17, 15) is 4.79 Å². The molecular formula is C14H17N5O. The molecule has 0 aliphatic carbocycles. The van der Waals surface area contributed by atoms with E-state index in [1.807, 2.05) is 29.2 Å². The minimum atomic E-state index is 0.122. The zero-order valence-corrected chi connectivity index (χ0v) is 11.4. The van der Waals surface area contributed by atoms with Gasteiger partial charge in [-0.3, -0.25) is 4.79 Å². The first kappa shape index (κ1) is 12.7. The molecule has 6 nitrogen and oxygen atoms in total. The topological polar surface area (TPSA) is 75.4 Å². The Hall–Kier alpha value is -2.37. The van der Waals surface area contributed by atoms with Crippen LogP contribution in [0.1, 0.15) is 6.92 Å². The zero-order chi connectivity index (χ0) is 14.1. The Morgan fingerprint density at radius 2 is 1.85 bits per heavy atom. The minimum Gasteiger partial charge on any atom is -0.368 e. The molecule has 0 radical (unpaired) electrons. The standard InChI is InChI=1S/C14H17N5O/c1-10(20)18-6-8-19(9-7-18)13-11-4-2-3-5-12(11)16-14(15)17-13/h2-5H,6-9H2,1H3,(H2,15,16,17). The summed E-state index contributed by atoms with van der Waals surface area (Å²) in [5.74, 6) is 1.26. The Bertz CT molecular complexity index is 649. The molecule has 0 atom stereocenters. The summed E-state index contributed by atoms with van der Waals surface area (Å²) in [5.41, 5.74) is 6.64. The van der Waals surface area contributed by atoms with Gasteiger partial charge in [-0.05, 0) is 12.1 Å². The van der Waals surface area contributed by atoms with Crippen molar-refractivity contribution in [1.82, 2.24) is 14.9 Å². The number of nitrogens with two attached hydrogens (primary N) is 1. The first-order valence-corrected chi connectivity index (χ1v) is 6.68. The van der Waals surface area contributed by atoms with Crippen molar-refractivity contribution in [1.29, 1.82) is 0 Å². The molecule has 1 aliphatic heterocycles. The number of amides is 1. The molecule has 1 aromatic heterocycles. The number of carbonyl (C=O) groups is 1. The van der Waals surface area contributed by atoms with Crippen LogP contribution in [0, 0.1) is 0 Å². The van der Waals surface area contributed by atoms with Gasteiger partial charge in [0.1, 0.15) is 5.82 Å². The number of anilines is 2. The third kappa shape index (κ3) is 2.24. The molecule has 1 saturated heterocycles. The number of hydrogen-bond donors (Lipinski definition) is 1. The molecule has 0 saturated carbocycles. The first-order chi connectivity index (χ1) is 9.65. The molecule has 1 amide bonds. The van der Waals surface area contributed by atoms with E-state index in [1.165, 1.54) is 0 Å². The molecule has 2 heterocycles. The molecule has 0 bridgehead atoms. The number of rotatable bonds is 1. The van der Waals surface area contributed by atoms with Gasteiger partial charge in [0, 0.05) is 38.5 Å². The van der Waals surface area contributed by atoms with Gasteiger partial charge in [0.2, 0.25) is 11.9 Å². The minimum absolute atomic E-state index is 0.122. The quantitative estimate of drug-likeness (QED) is 0.833. The van der Waals surface area contributed by atoms with E-state index >= 15 is 0 Å². The molecule has 0 spiro atoms. The largest absolute Gasteiger partial charge is 0.368 e. The lowest BCUT2D eigenvalue weighted by molar-refractivity contribution is -0.129. The van der Waals surface area contributed by atoms with Crippen LogP contribution in [0.5, 0.6) is 0 Å². The van der Waals surface area contributed by atoms with Gasteiger partial charge < -0.3 is 15.5 Å². The molecular weight excluding hydrogens is 254 g/mol. The lowest BCUT2D eigenvalue weighted by Gasteiger charge is -2.35. The normalized spacial score (nSPS) is 15.7. The van der Waals surface area contributed by atoms with Crippen LogP contribution in [0.2, 0.25) is 0 Å². The molecule has 1 aromatic carbocycles. The van der Waals surface area contributed by atoms with Gasteiger partial charge in [0.15, 0.2) is 0 Å². The van der Waals surface area contributed by atoms with Crippen molar-refractivity contribution in [3.63, 3.8) is 0 Å². The fraction of sp³-hybridized carbons (Fsp3) is 0.357. The average molecular weight is 271 g/mol. The van der Waals surface area contributed by atoms with E-state index < -0.39 is 0 Å². The Morgan fingerprint density at radius 1 is 1.15 bits per heavy atom. The van der Waals surface area contributed by atoms with Crippen molar-refractivity contribution in [3.05, 3.63) is 24.3 Å². The van der Waals surface area contributed by atoms with Crippen LogP contribution in [0.25, 0.3) is 10.9 Å². The number of benzene rings is 1. The Labute approximate surface area is 117 Å². The summed E-state index contributed by atoms with van der Waals surface area (Å²) in [4.78, 5) is 24.0. The van der Waals surface area contributed by atoms with Crippen LogP contribution in [0.4, 0.5) is 11.8 Å². The predicted molar refractivity (Wildman–Crippen MR) is 78.4 cm³/mol. The number of piperazine rings is 1. The van der Waals surface area contributed by atoms with Crippen molar-refractivity contribution >= 4 is 28.6 Å². The molecule has 6 heteroatoms.